The van der Waals surface area contributed by atoms with E-state index < -0.39 is 0 Å². The number of carbonyl (C=O) groups is 1. The molecule has 104 valence electrons. The highest BCUT2D eigenvalue weighted by molar-refractivity contribution is 5.79. The monoisotopic (exact) mass is 261 g/mol. The van der Waals surface area contributed by atoms with Crippen LogP contribution in [0, 0.1) is 13.8 Å². The molecule has 1 N–H and O–H groups in total. The summed E-state index contributed by atoms with van der Waals surface area (Å²) in [5.41, 5.74) is 4.53. The fourth-order valence-corrected chi connectivity index (χ4v) is 2.89. The minimum Gasteiger partial charge on any atom is -0.349 e. The van der Waals surface area contributed by atoms with Gasteiger partial charge in [-0.2, -0.15) is 5.10 Å². The Kier molecular flexibility index (Phi) is 4.08. The SMILES string of the molecule is Cc1nn(C)c(C)c1[C@H](C)NC(=O)CC1=CCCC1. The van der Waals surface area contributed by atoms with E-state index in [9.17, 15) is 4.79 Å². The van der Waals surface area contributed by atoms with Gasteiger partial charge in [0.1, 0.15) is 0 Å². The van der Waals surface area contributed by atoms with Crippen LogP contribution >= 0.6 is 0 Å². The maximum absolute atomic E-state index is 12.0. The second-order valence-corrected chi connectivity index (χ2v) is 5.43. The predicted octanol–water partition coefficient (Wildman–Crippen LogP) is 2.71. The number of amides is 1. The molecule has 0 spiro atoms. The first-order valence-corrected chi connectivity index (χ1v) is 6.96. The minimum atomic E-state index is 0.0169. The Balaban J connectivity index is 2.00. The highest BCUT2D eigenvalue weighted by atomic mass is 16.1. The van der Waals surface area contributed by atoms with Gasteiger partial charge in [0, 0.05) is 24.7 Å². The van der Waals surface area contributed by atoms with E-state index in [2.05, 4.69) is 16.5 Å². The van der Waals surface area contributed by atoms with E-state index in [0.29, 0.717) is 6.42 Å². The van der Waals surface area contributed by atoms with Crippen molar-refractivity contribution in [2.24, 2.45) is 7.05 Å². The second kappa shape index (κ2) is 5.59. The maximum Gasteiger partial charge on any atom is 0.224 e. The molecule has 4 heteroatoms. The van der Waals surface area contributed by atoms with E-state index in [4.69, 9.17) is 0 Å². The van der Waals surface area contributed by atoms with Gasteiger partial charge in [0.25, 0.3) is 0 Å². The Morgan fingerprint density at radius 2 is 2.26 bits per heavy atom. The summed E-state index contributed by atoms with van der Waals surface area (Å²) < 4.78 is 1.87. The number of aromatic nitrogens is 2. The lowest BCUT2D eigenvalue weighted by molar-refractivity contribution is -0.121. The van der Waals surface area contributed by atoms with E-state index in [1.54, 1.807) is 0 Å². The van der Waals surface area contributed by atoms with E-state index in [0.717, 1.165) is 29.8 Å². The van der Waals surface area contributed by atoms with Gasteiger partial charge in [-0.1, -0.05) is 11.6 Å². The van der Waals surface area contributed by atoms with Gasteiger partial charge in [0.05, 0.1) is 11.7 Å². The molecule has 1 aromatic heterocycles. The summed E-state index contributed by atoms with van der Waals surface area (Å²) in [5, 5.41) is 7.48. The third-order valence-electron chi connectivity index (χ3n) is 3.90. The fraction of sp³-hybridized carbons (Fsp3) is 0.600. The number of nitrogens with zero attached hydrogens (tertiary/aromatic N) is 2. The Hall–Kier alpha value is -1.58. The summed E-state index contributed by atoms with van der Waals surface area (Å²) >= 11 is 0. The standard InChI is InChI=1S/C15H23N3O/c1-10(15-11(2)17-18(4)12(15)3)16-14(19)9-13-7-5-6-8-13/h7,10H,5-6,8-9H2,1-4H3,(H,16,19)/t10-/m0/s1. The van der Waals surface area contributed by atoms with Crippen molar-refractivity contribution < 1.29 is 4.79 Å². The normalized spacial score (nSPS) is 16.3. The highest BCUT2D eigenvalue weighted by Crippen LogP contribution is 2.23. The van der Waals surface area contributed by atoms with Crippen LogP contribution in [0.5, 0.6) is 0 Å². The van der Waals surface area contributed by atoms with E-state index in [-0.39, 0.29) is 11.9 Å². The lowest BCUT2D eigenvalue weighted by Crippen LogP contribution is -2.27. The van der Waals surface area contributed by atoms with Crippen LogP contribution in [0.3, 0.4) is 0 Å². The fourth-order valence-electron chi connectivity index (χ4n) is 2.89. The number of nitrogens with one attached hydrogen (secondary N) is 1. The van der Waals surface area contributed by atoms with Gasteiger partial charge in [0.2, 0.25) is 5.91 Å². The molecule has 1 aliphatic carbocycles. The zero-order valence-electron chi connectivity index (χ0n) is 12.3. The molecule has 1 aliphatic rings. The number of hydrogen-bond acceptors (Lipinski definition) is 2. The summed E-state index contributed by atoms with van der Waals surface area (Å²) in [6.45, 7) is 6.06. The summed E-state index contributed by atoms with van der Waals surface area (Å²) in [7, 11) is 1.93. The molecule has 1 aromatic rings. The number of aryl methyl sites for hydroxylation is 2. The number of hydrogen-bond donors (Lipinski definition) is 1. The molecule has 2 rings (SSSR count). The third kappa shape index (κ3) is 3.06. The largest absolute Gasteiger partial charge is 0.349 e. The molecule has 1 atom stereocenters. The molecule has 0 radical (unpaired) electrons. The number of carbonyl (C=O) groups excluding carboxylic acids is 1. The zero-order valence-corrected chi connectivity index (χ0v) is 12.3. The topological polar surface area (TPSA) is 46.9 Å². The lowest BCUT2D eigenvalue weighted by Gasteiger charge is -2.15. The van der Waals surface area contributed by atoms with Crippen LogP contribution in [0.1, 0.15) is 55.6 Å². The molecule has 0 unspecified atom stereocenters. The molecular formula is C15H23N3O. The van der Waals surface area contributed by atoms with Gasteiger partial charge >= 0.3 is 0 Å². The Morgan fingerprint density at radius 3 is 2.79 bits per heavy atom. The average Bonchev–Trinajstić information content (AvgIpc) is 2.88. The quantitative estimate of drug-likeness (QED) is 0.847. The van der Waals surface area contributed by atoms with Crippen LogP contribution < -0.4 is 5.32 Å². The molecule has 0 saturated carbocycles. The third-order valence-corrected chi connectivity index (χ3v) is 3.90. The molecule has 1 heterocycles. The number of rotatable bonds is 4. The first-order valence-electron chi connectivity index (χ1n) is 6.96. The Labute approximate surface area is 114 Å². The first kappa shape index (κ1) is 13.8. The predicted molar refractivity (Wildman–Crippen MR) is 75.8 cm³/mol. The molecule has 1 amide bonds. The first-order chi connectivity index (χ1) is 8.99. The van der Waals surface area contributed by atoms with Crippen molar-refractivity contribution in [3.05, 3.63) is 28.6 Å². The van der Waals surface area contributed by atoms with Crippen LogP contribution in [0.2, 0.25) is 0 Å². The van der Waals surface area contributed by atoms with Crippen LogP contribution in [-0.4, -0.2) is 15.7 Å². The van der Waals surface area contributed by atoms with Crippen molar-refractivity contribution in [3.63, 3.8) is 0 Å². The summed E-state index contributed by atoms with van der Waals surface area (Å²) in [6.07, 6.45) is 6.14. The van der Waals surface area contributed by atoms with Crippen LogP contribution in [0.4, 0.5) is 0 Å². The number of allylic oxidation sites excluding steroid dienone is 1. The van der Waals surface area contributed by atoms with Crippen LogP contribution in [0.25, 0.3) is 0 Å². The summed E-state index contributed by atoms with van der Waals surface area (Å²) in [5.74, 6) is 0.114. The Bertz CT molecular complexity index is 514. The summed E-state index contributed by atoms with van der Waals surface area (Å²) in [6, 6.07) is 0.0169. The Morgan fingerprint density at radius 1 is 1.53 bits per heavy atom. The molecule has 0 bridgehead atoms. The lowest BCUT2D eigenvalue weighted by atomic mass is 10.1. The molecule has 0 saturated heterocycles. The van der Waals surface area contributed by atoms with Crippen molar-refractivity contribution in [2.45, 2.75) is 52.5 Å². The highest BCUT2D eigenvalue weighted by Gasteiger charge is 2.18. The van der Waals surface area contributed by atoms with Crippen molar-refractivity contribution >= 4 is 5.91 Å². The van der Waals surface area contributed by atoms with E-state index >= 15 is 0 Å². The van der Waals surface area contributed by atoms with Crippen molar-refractivity contribution in [1.82, 2.24) is 15.1 Å². The van der Waals surface area contributed by atoms with Gasteiger partial charge in [-0.25, -0.2) is 0 Å². The van der Waals surface area contributed by atoms with Gasteiger partial charge in [0.15, 0.2) is 0 Å². The van der Waals surface area contributed by atoms with Gasteiger partial charge in [-0.15, -0.1) is 0 Å². The molecule has 4 nitrogen and oxygen atoms in total. The second-order valence-electron chi connectivity index (χ2n) is 5.43. The van der Waals surface area contributed by atoms with Crippen LogP contribution in [-0.2, 0) is 11.8 Å². The van der Waals surface area contributed by atoms with Crippen molar-refractivity contribution in [1.29, 1.82) is 0 Å². The average molecular weight is 261 g/mol. The molecule has 19 heavy (non-hydrogen) atoms. The smallest absolute Gasteiger partial charge is 0.224 e. The zero-order chi connectivity index (χ0) is 14.0. The molecular weight excluding hydrogens is 238 g/mol. The van der Waals surface area contributed by atoms with Crippen molar-refractivity contribution in [2.75, 3.05) is 0 Å². The van der Waals surface area contributed by atoms with E-state index in [1.807, 2.05) is 32.5 Å². The van der Waals surface area contributed by atoms with E-state index in [1.165, 1.54) is 12.0 Å². The van der Waals surface area contributed by atoms with Gasteiger partial charge < -0.3 is 5.32 Å². The minimum absolute atomic E-state index is 0.0169. The maximum atomic E-state index is 12.0. The van der Waals surface area contributed by atoms with Crippen molar-refractivity contribution in [3.8, 4) is 0 Å². The van der Waals surface area contributed by atoms with Gasteiger partial charge in [-0.3, -0.25) is 9.48 Å². The molecule has 0 aromatic carbocycles. The van der Waals surface area contributed by atoms with Gasteiger partial charge in [-0.05, 0) is 40.0 Å². The molecule has 0 aliphatic heterocycles. The van der Waals surface area contributed by atoms with Crippen LogP contribution in [0.15, 0.2) is 11.6 Å². The molecule has 0 fully saturated rings. The summed E-state index contributed by atoms with van der Waals surface area (Å²) in [4.78, 5) is 12.0.